The van der Waals surface area contributed by atoms with Gasteiger partial charge in [-0.15, -0.1) is 0 Å². The van der Waals surface area contributed by atoms with Crippen LogP contribution in [0.1, 0.15) is 12.5 Å². The van der Waals surface area contributed by atoms with Crippen molar-refractivity contribution < 1.29 is 24.1 Å². The molecule has 0 aromatic heterocycles. The van der Waals surface area contributed by atoms with Crippen LogP contribution in [-0.2, 0) is 9.53 Å². The summed E-state index contributed by atoms with van der Waals surface area (Å²) in [7, 11) is 4.21. The third kappa shape index (κ3) is 3.45. The highest BCUT2D eigenvalue weighted by molar-refractivity contribution is 6.18. The summed E-state index contributed by atoms with van der Waals surface area (Å²) in [5, 5.41) is 9.91. The van der Waals surface area contributed by atoms with Crippen LogP contribution in [-0.4, -0.2) is 32.4 Å². The molecule has 0 spiro atoms. The highest BCUT2D eigenvalue weighted by Gasteiger charge is 2.19. The van der Waals surface area contributed by atoms with Crippen molar-refractivity contribution in [1.82, 2.24) is 0 Å². The predicted octanol–water partition coefficient (Wildman–Crippen LogP) is 2.17. The van der Waals surface area contributed by atoms with Crippen LogP contribution in [0.5, 0.6) is 11.5 Å². The van der Waals surface area contributed by atoms with Gasteiger partial charge in [0.2, 0.25) is 0 Å². The number of aliphatic hydroxyl groups is 1. The minimum Gasteiger partial charge on any atom is -0.500 e. The molecule has 0 radical (unpaired) electrons. The zero-order valence-electron chi connectivity index (χ0n) is 11.8. The van der Waals surface area contributed by atoms with Crippen LogP contribution in [0.15, 0.2) is 24.0 Å². The normalized spacial score (nSPS) is 10.8. The molecule has 0 fully saturated rings. The second-order valence-corrected chi connectivity index (χ2v) is 3.69. The Morgan fingerprint density at radius 3 is 2.05 bits per heavy atom. The molecule has 5 nitrogen and oxygen atoms in total. The van der Waals surface area contributed by atoms with Crippen molar-refractivity contribution in [3.05, 3.63) is 29.5 Å². The lowest BCUT2D eigenvalue weighted by Gasteiger charge is -2.10. The third-order valence-corrected chi connectivity index (χ3v) is 2.51. The van der Waals surface area contributed by atoms with E-state index >= 15 is 0 Å². The molecule has 106 valence electrons. The lowest BCUT2D eigenvalue weighted by atomic mass is 10.0. The SMILES string of the molecule is CC#C/C(O)=C(/C(=O)OC)c1cc(OC)cc(OC)c1. The summed E-state index contributed by atoms with van der Waals surface area (Å²) in [4.78, 5) is 11.8. The molecule has 1 N–H and O–H groups in total. The van der Waals surface area contributed by atoms with E-state index in [0.29, 0.717) is 17.1 Å². The molecule has 0 saturated heterocycles. The number of methoxy groups -OCH3 is 3. The number of hydrogen-bond acceptors (Lipinski definition) is 5. The molecule has 5 heteroatoms. The van der Waals surface area contributed by atoms with Crippen LogP contribution in [0.25, 0.3) is 5.57 Å². The van der Waals surface area contributed by atoms with Crippen molar-refractivity contribution in [1.29, 1.82) is 0 Å². The van der Waals surface area contributed by atoms with Crippen LogP contribution in [0, 0.1) is 11.8 Å². The molecule has 0 amide bonds. The Morgan fingerprint density at radius 2 is 1.65 bits per heavy atom. The topological polar surface area (TPSA) is 65.0 Å². The maximum Gasteiger partial charge on any atom is 0.342 e. The van der Waals surface area contributed by atoms with E-state index in [9.17, 15) is 9.90 Å². The lowest BCUT2D eigenvalue weighted by Crippen LogP contribution is -2.07. The van der Waals surface area contributed by atoms with Gasteiger partial charge in [-0.25, -0.2) is 4.79 Å². The van der Waals surface area contributed by atoms with Crippen LogP contribution in [0.2, 0.25) is 0 Å². The average Bonchev–Trinajstić information content (AvgIpc) is 2.47. The monoisotopic (exact) mass is 276 g/mol. The van der Waals surface area contributed by atoms with Gasteiger partial charge in [-0.3, -0.25) is 0 Å². The van der Waals surface area contributed by atoms with Crippen molar-refractivity contribution >= 4 is 11.5 Å². The van der Waals surface area contributed by atoms with Crippen LogP contribution in [0.4, 0.5) is 0 Å². The fraction of sp³-hybridized carbons (Fsp3) is 0.267. The Hall–Kier alpha value is -2.61. The van der Waals surface area contributed by atoms with E-state index in [1.165, 1.54) is 21.3 Å². The van der Waals surface area contributed by atoms with E-state index < -0.39 is 5.97 Å². The standard InChI is InChI=1S/C15H16O5/c1-5-6-13(16)14(15(17)20-4)10-7-11(18-2)9-12(8-10)19-3/h7-9,16H,1-4H3/b14-13-. The molecule has 1 rings (SSSR count). The van der Waals surface area contributed by atoms with Crippen molar-refractivity contribution in [3.8, 4) is 23.3 Å². The molecule has 0 unspecified atom stereocenters. The highest BCUT2D eigenvalue weighted by Crippen LogP contribution is 2.28. The number of hydrogen-bond donors (Lipinski definition) is 1. The van der Waals surface area contributed by atoms with Gasteiger partial charge in [0.25, 0.3) is 0 Å². The van der Waals surface area contributed by atoms with Gasteiger partial charge in [0.15, 0.2) is 5.76 Å². The van der Waals surface area contributed by atoms with Gasteiger partial charge < -0.3 is 19.3 Å². The van der Waals surface area contributed by atoms with Crippen LogP contribution >= 0.6 is 0 Å². The van der Waals surface area contributed by atoms with Gasteiger partial charge in [0.05, 0.1) is 21.3 Å². The molecule has 0 aliphatic heterocycles. The van der Waals surface area contributed by atoms with Gasteiger partial charge in [-0.2, -0.15) is 0 Å². The Bertz CT molecular complexity index is 568. The quantitative estimate of drug-likeness (QED) is 0.395. The molecule has 0 bridgehead atoms. The van der Waals surface area contributed by atoms with Gasteiger partial charge in [-0.05, 0) is 25.0 Å². The largest absolute Gasteiger partial charge is 0.500 e. The summed E-state index contributed by atoms with van der Waals surface area (Å²) in [5.74, 6) is 4.87. The third-order valence-electron chi connectivity index (χ3n) is 2.51. The van der Waals surface area contributed by atoms with Crippen molar-refractivity contribution in [2.75, 3.05) is 21.3 Å². The molecule has 1 aromatic carbocycles. The number of allylic oxidation sites excluding steroid dienone is 1. The van der Waals surface area contributed by atoms with E-state index in [1.54, 1.807) is 25.1 Å². The first-order valence-electron chi connectivity index (χ1n) is 5.75. The highest BCUT2D eigenvalue weighted by atomic mass is 16.5. The summed E-state index contributed by atoms with van der Waals surface area (Å²) in [6.07, 6.45) is 0. The number of carbonyl (C=O) groups excluding carboxylic acids is 1. The molecular weight excluding hydrogens is 260 g/mol. The maximum atomic E-state index is 11.8. The molecule has 20 heavy (non-hydrogen) atoms. The lowest BCUT2D eigenvalue weighted by molar-refractivity contribution is -0.133. The van der Waals surface area contributed by atoms with Gasteiger partial charge >= 0.3 is 5.97 Å². The number of benzene rings is 1. The fourth-order valence-electron chi connectivity index (χ4n) is 1.59. The van der Waals surface area contributed by atoms with E-state index in [-0.39, 0.29) is 11.3 Å². The Morgan fingerprint density at radius 1 is 1.10 bits per heavy atom. The Kier molecular flexibility index (Phi) is 5.48. The Labute approximate surface area is 117 Å². The first-order valence-corrected chi connectivity index (χ1v) is 5.75. The number of esters is 1. The summed E-state index contributed by atoms with van der Waals surface area (Å²) >= 11 is 0. The van der Waals surface area contributed by atoms with Crippen molar-refractivity contribution in [2.24, 2.45) is 0 Å². The zero-order valence-corrected chi connectivity index (χ0v) is 11.8. The van der Waals surface area contributed by atoms with E-state index in [1.807, 2.05) is 0 Å². The second kappa shape index (κ2) is 7.10. The summed E-state index contributed by atoms with van der Waals surface area (Å²) in [6, 6.07) is 4.83. The van der Waals surface area contributed by atoms with Gasteiger partial charge in [0.1, 0.15) is 17.1 Å². The van der Waals surface area contributed by atoms with Crippen LogP contribution in [0.3, 0.4) is 0 Å². The first kappa shape index (κ1) is 15.4. The zero-order chi connectivity index (χ0) is 15.1. The smallest absolute Gasteiger partial charge is 0.342 e. The fourth-order valence-corrected chi connectivity index (χ4v) is 1.59. The number of aliphatic hydroxyl groups excluding tert-OH is 1. The maximum absolute atomic E-state index is 11.8. The molecule has 1 aromatic rings. The molecule has 0 saturated carbocycles. The van der Waals surface area contributed by atoms with E-state index in [0.717, 1.165) is 0 Å². The Balaban J connectivity index is 3.51. The summed E-state index contributed by atoms with van der Waals surface area (Å²) in [5.41, 5.74) is 0.354. The molecule has 0 heterocycles. The van der Waals surface area contributed by atoms with E-state index in [4.69, 9.17) is 9.47 Å². The minimum atomic E-state index is -0.694. The molecule has 0 aliphatic rings. The predicted molar refractivity (Wildman–Crippen MR) is 74.6 cm³/mol. The molecular formula is C15H16O5. The summed E-state index contributed by atoms with van der Waals surface area (Å²) in [6.45, 7) is 1.55. The van der Waals surface area contributed by atoms with E-state index in [2.05, 4.69) is 16.6 Å². The molecule has 0 atom stereocenters. The van der Waals surface area contributed by atoms with Crippen LogP contribution < -0.4 is 9.47 Å². The number of rotatable bonds is 4. The van der Waals surface area contributed by atoms with Crippen molar-refractivity contribution in [3.63, 3.8) is 0 Å². The van der Waals surface area contributed by atoms with Crippen molar-refractivity contribution in [2.45, 2.75) is 6.92 Å². The average molecular weight is 276 g/mol. The minimum absolute atomic E-state index is 0.0425. The second-order valence-electron chi connectivity index (χ2n) is 3.69. The number of ether oxygens (including phenoxy) is 3. The number of carbonyl (C=O) groups is 1. The van der Waals surface area contributed by atoms with Gasteiger partial charge in [-0.1, -0.05) is 5.92 Å². The summed E-state index contributed by atoms with van der Waals surface area (Å²) < 4.78 is 14.9. The van der Waals surface area contributed by atoms with Gasteiger partial charge in [0, 0.05) is 11.6 Å². The molecule has 0 aliphatic carbocycles. The first-order chi connectivity index (χ1) is 9.57.